The van der Waals surface area contributed by atoms with Crippen LogP contribution in [0.2, 0.25) is 0 Å². The fourth-order valence-corrected chi connectivity index (χ4v) is 8.01. The maximum atomic E-state index is 14.8. The minimum atomic E-state index is -0.912. The Kier molecular flexibility index (Phi) is 12.6. The molecule has 0 bridgehead atoms. The number of fused-ring (bicyclic) bond motifs is 2. The predicted octanol–water partition coefficient (Wildman–Crippen LogP) is 7.28. The fourth-order valence-electron chi connectivity index (χ4n) is 8.01. The lowest BCUT2D eigenvalue weighted by Crippen LogP contribution is -2.76. The standard InChI is InChI=1S/C45H56N6O5/c1-6-8-9-13-24-47-29-37(39(53)26-45(3,4)5)36-18-14-17-34(42(36)47)28-48-30-40-50(38(43(48)55)25-32-19-21-35(52)22-20-32)41(54)31-49(23-7-2)51(40)44(56)46-27-33-15-11-10-12-16-33/h7,10-12,14-22,29,38,40,52H,2,6,8-9,13,23-28,30-31H2,1,3-5H3,(H,46,56)/t38-,40-/m0/s1. The zero-order valence-corrected chi connectivity index (χ0v) is 33.2. The van der Waals surface area contributed by atoms with Crippen LogP contribution < -0.4 is 5.32 Å². The summed E-state index contributed by atoms with van der Waals surface area (Å²) in [5.41, 5.74) is 4.03. The summed E-state index contributed by atoms with van der Waals surface area (Å²) in [4.78, 5) is 60.3. The summed E-state index contributed by atoms with van der Waals surface area (Å²) < 4.78 is 2.18. The molecule has 0 unspecified atom stereocenters. The van der Waals surface area contributed by atoms with E-state index in [0.717, 1.165) is 59.8 Å². The van der Waals surface area contributed by atoms with Gasteiger partial charge in [-0.15, -0.1) is 6.58 Å². The van der Waals surface area contributed by atoms with Crippen LogP contribution in [0.5, 0.6) is 5.75 Å². The number of urea groups is 1. The lowest BCUT2D eigenvalue weighted by molar-refractivity contribution is -0.189. The van der Waals surface area contributed by atoms with Gasteiger partial charge in [0.05, 0.1) is 18.6 Å². The maximum Gasteiger partial charge on any atom is 0.334 e. The largest absolute Gasteiger partial charge is 0.508 e. The molecule has 3 aromatic carbocycles. The SMILES string of the molecule is C=CCN1CC(=O)N2[C@@H](Cc3ccc(O)cc3)C(=O)N(Cc3cccc4c(C(=O)CC(C)(C)C)cn(CCCCCC)c34)C[C@@H]2N1C(=O)NCc1ccccc1. The van der Waals surface area contributed by atoms with E-state index in [1.807, 2.05) is 54.7 Å². The number of nitrogens with zero attached hydrogens (tertiary/aromatic N) is 5. The molecule has 56 heavy (non-hydrogen) atoms. The Morgan fingerprint density at radius 1 is 0.946 bits per heavy atom. The molecule has 4 amide bonds. The zero-order valence-electron chi connectivity index (χ0n) is 33.2. The molecule has 2 aliphatic rings. The third-order valence-electron chi connectivity index (χ3n) is 10.6. The summed E-state index contributed by atoms with van der Waals surface area (Å²) in [6, 6.07) is 20.9. The smallest absolute Gasteiger partial charge is 0.334 e. The number of piperazine rings is 1. The van der Waals surface area contributed by atoms with Crippen LogP contribution in [0.15, 0.2) is 91.6 Å². The Bertz CT molecular complexity index is 2040. The molecule has 3 heterocycles. The summed E-state index contributed by atoms with van der Waals surface area (Å²) >= 11 is 0. The van der Waals surface area contributed by atoms with Gasteiger partial charge in [0.1, 0.15) is 18.0 Å². The highest BCUT2D eigenvalue weighted by atomic mass is 16.3. The van der Waals surface area contributed by atoms with E-state index in [2.05, 4.69) is 44.2 Å². The Balaban J connectivity index is 1.40. The molecule has 0 radical (unpaired) electrons. The molecule has 11 nitrogen and oxygen atoms in total. The number of carbonyl (C=O) groups is 4. The molecule has 2 N–H and O–H groups in total. The number of ketones is 1. The number of benzene rings is 3. The van der Waals surface area contributed by atoms with Crippen LogP contribution in [-0.4, -0.2) is 85.0 Å². The highest BCUT2D eigenvalue weighted by molar-refractivity contribution is 6.09. The minimum Gasteiger partial charge on any atom is -0.508 e. The number of unbranched alkanes of at least 4 members (excludes halogenated alkanes) is 3. The predicted molar refractivity (Wildman–Crippen MR) is 218 cm³/mol. The first-order chi connectivity index (χ1) is 26.9. The third kappa shape index (κ3) is 9.16. The lowest BCUT2D eigenvalue weighted by Gasteiger charge is -2.55. The molecule has 6 rings (SSSR count). The maximum absolute atomic E-state index is 14.8. The topological polar surface area (TPSA) is 118 Å². The van der Waals surface area contributed by atoms with Gasteiger partial charge in [-0.2, -0.15) is 0 Å². The van der Waals surface area contributed by atoms with E-state index in [1.165, 1.54) is 0 Å². The summed E-state index contributed by atoms with van der Waals surface area (Å²) in [6.07, 6.45) is 7.72. The van der Waals surface area contributed by atoms with Gasteiger partial charge in [0, 0.05) is 56.2 Å². The van der Waals surface area contributed by atoms with Gasteiger partial charge in [0.15, 0.2) is 5.78 Å². The number of hydrazine groups is 1. The number of para-hydroxylation sites is 1. The van der Waals surface area contributed by atoms with Crippen LogP contribution in [0, 0.1) is 5.41 Å². The van der Waals surface area contributed by atoms with Crippen molar-refractivity contribution in [3.63, 3.8) is 0 Å². The van der Waals surface area contributed by atoms with Crippen LogP contribution in [0.25, 0.3) is 10.9 Å². The number of Topliss-reactive ketones (excluding diaryl/α,β-unsaturated/α-hetero) is 1. The van der Waals surface area contributed by atoms with Crippen molar-refractivity contribution in [3.8, 4) is 5.75 Å². The van der Waals surface area contributed by atoms with Gasteiger partial charge in [-0.1, -0.05) is 114 Å². The lowest BCUT2D eigenvalue weighted by atomic mass is 9.87. The van der Waals surface area contributed by atoms with Gasteiger partial charge in [0.2, 0.25) is 11.8 Å². The molecule has 11 heteroatoms. The number of phenolic OH excluding ortho intramolecular Hbond substituents is 1. The molecule has 2 saturated heterocycles. The highest BCUT2D eigenvalue weighted by Gasteiger charge is 2.51. The van der Waals surface area contributed by atoms with E-state index in [-0.39, 0.29) is 73.9 Å². The molecule has 1 aromatic heterocycles. The van der Waals surface area contributed by atoms with E-state index >= 15 is 0 Å². The molecule has 2 aliphatic heterocycles. The number of nitrogens with one attached hydrogen (secondary N) is 1. The molecule has 2 atom stereocenters. The van der Waals surface area contributed by atoms with Gasteiger partial charge >= 0.3 is 6.03 Å². The van der Waals surface area contributed by atoms with E-state index in [4.69, 9.17) is 0 Å². The van der Waals surface area contributed by atoms with Gasteiger partial charge in [0.25, 0.3) is 0 Å². The van der Waals surface area contributed by atoms with E-state index in [1.54, 1.807) is 50.2 Å². The number of rotatable bonds is 15. The van der Waals surface area contributed by atoms with Crippen molar-refractivity contribution < 1.29 is 24.3 Å². The van der Waals surface area contributed by atoms with Crippen molar-refractivity contribution in [1.29, 1.82) is 0 Å². The van der Waals surface area contributed by atoms with Crippen LogP contribution in [0.4, 0.5) is 4.79 Å². The van der Waals surface area contributed by atoms with Gasteiger partial charge in [-0.25, -0.2) is 14.8 Å². The van der Waals surface area contributed by atoms with Crippen LogP contribution >= 0.6 is 0 Å². The second-order valence-electron chi connectivity index (χ2n) is 16.3. The number of carbonyl (C=O) groups excluding carboxylic acids is 4. The average molecular weight is 761 g/mol. The second-order valence-corrected chi connectivity index (χ2v) is 16.3. The first-order valence-corrected chi connectivity index (χ1v) is 19.9. The van der Waals surface area contributed by atoms with Crippen molar-refractivity contribution in [1.82, 2.24) is 29.7 Å². The molecule has 0 spiro atoms. The third-order valence-corrected chi connectivity index (χ3v) is 10.6. The van der Waals surface area contributed by atoms with E-state index in [9.17, 15) is 24.3 Å². The summed E-state index contributed by atoms with van der Waals surface area (Å²) in [5, 5.41) is 17.2. The van der Waals surface area contributed by atoms with Crippen molar-refractivity contribution in [3.05, 3.63) is 114 Å². The second kappa shape index (κ2) is 17.6. The van der Waals surface area contributed by atoms with Crippen molar-refractivity contribution in [2.75, 3.05) is 19.6 Å². The first-order valence-electron chi connectivity index (χ1n) is 19.9. The van der Waals surface area contributed by atoms with Crippen molar-refractivity contribution in [2.24, 2.45) is 5.41 Å². The summed E-state index contributed by atoms with van der Waals surface area (Å²) in [6.45, 7) is 13.7. The first kappa shape index (κ1) is 40.2. The monoisotopic (exact) mass is 760 g/mol. The molecule has 0 aliphatic carbocycles. The molecule has 296 valence electrons. The van der Waals surface area contributed by atoms with Gasteiger partial charge in [-0.05, 0) is 40.7 Å². The number of amides is 4. The number of hydrogen-bond acceptors (Lipinski definition) is 6. The Labute approximate surface area is 330 Å². The summed E-state index contributed by atoms with van der Waals surface area (Å²) in [7, 11) is 0. The Morgan fingerprint density at radius 2 is 1.70 bits per heavy atom. The van der Waals surface area contributed by atoms with Crippen LogP contribution in [-0.2, 0) is 35.6 Å². The van der Waals surface area contributed by atoms with E-state index < -0.39 is 12.2 Å². The number of phenols is 1. The molecular formula is C45H56N6O5. The van der Waals surface area contributed by atoms with Crippen LogP contribution in [0.3, 0.4) is 0 Å². The fraction of sp³-hybridized carbons (Fsp3) is 0.422. The van der Waals surface area contributed by atoms with Gasteiger partial charge < -0.3 is 24.8 Å². The average Bonchev–Trinajstić information content (AvgIpc) is 3.54. The molecule has 0 saturated carbocycles. The molecular weight excluding hydrogens is 705 g/mol. The summed E-state index contributed by atoms with van der Waals surface area (Å²) in [5.74, 6) is -0.298. The zero-order chi connectivity index (χ0) is 40.0. The van der Waals surface area contributed by atoms with Crippen molar-refractivity contribution in [2.45, 2.75) is 98.1 Å². The van der Waals surface area contributed by atoms with E-state index in [0.29, 0.717) is 12.0 Å². The minimum absolute atomic E-state index is 0.0759. The number of hydrogen-bond donors (Lipinski definition) is 2. The highest BCUT2D eigenvalue weighted by Crippen LogP contribution is 2.33. The molecule has 2 fully saturated rings. The number of aryl methyl sites for hydroxylation is 1. The number of aromatic hydroxyl groups is 1. The number of aromatic nitrogens is 1. The quantitative estimate of drug-likeness (QED) is 0.0748. The Morgan fingerprint density at radius 3 is 2.39 bits per heavy atom. The normalized spacial score (nSPS) is 17.7. The Hall–Kier alpha value is -5.42. The van der Waals surface area contributed by atoms with Crippen LogP contribution in [0.1, 0.15) is 86.8 Å². The van der Waals surface area contributed by atoms with Crippen molar-refractivity contribution >= 4 is 34.5 Å². The van der Waals surface area contributed by atoms with Gasteiger partial charge in [-0.3, -0.25) is 14.4 Å². The molecule has 4 aromatic rings.